The quantitative estimate of drug-likeness (QED) is 0.167. The number of carbonyl (C=O) groups excluding carboxylic acids is 1. The van der Waals surface area contributed by atoms with Gasteiger partial charge in [-0.1, -0.05) is 18.1 Å². The van der Waals surface area contributed by atoms with Crippen LogP contribution in [0.5, 0.6) is 0 Å². The molecule has 3 fully saturated rings. The number of nitrogens with one attached hydrogen (secondary N) is 2. The first kappa shape index (κ1) is 39.9. The molecule has 64 heavy (non-hydrogen) atoms. The monoisotopic (exact) mass is 868 g/mol. The van der Waals surface area contributed by atoms with Crippen molar-refractivity contribution in [3.05, 3.63) is 139 Å². The molecule has 2 unspecified atom stereocenters. The molecule has 8 aromatic rings. The number of amides is 1. The molecule has 4 aliphatic rings. The van der Waals surface area contributed by atoms with Crippen LogP contribution in [0, 0.1) is 31.4 Å². The third-order valence-corrected chi connectivity index (χ3v) is 13.3. The molecule has 2 N–H and O–H groups in total. The highest BCUT2D eigenvalue weighted by atomic mass is 19.1. The minimum Gasteiger partial charge on any atom is -0.381 e. The van der Waals surface area contributed by atoms with Gasteiger partial charge in [0.15, 0.2) is 11.6 Å². The van der Waals surface area contributed by atoms with E-state index < -0.39 is 17.3 Å². The molecule has 1 amide bonds. The number of aryl methyl sites for hydroxylation is 2. The van der Waals surface area contributed by atoms with E-state index in [2.05, 4.69) is 43.8 Å². The summed E-state index contributed by atoms with van der Waals surface area (Å²) in [7, 11) is 0. The van der Waals surface area contributed by atoms with Crippen molar-refractivity contribution in [3.63, 3.8) is 0 Å². The third kappa shape index (κ3) is 6.98. The number of rotatable bonds is 7. The standard InChI is InChI=1S/C41H38F2N8O3.C6H8N2O2/c1-23-17-29(18-24(2)37(23)42)51-39(49-14-13-48(41(49)53)36-8-7-35-30(38(36)43)21-44-50(35)28-4-5-28)31-22-47(12-9-33(31)46-51)40(52)34-20-27-19-26(3-6-32(27)45-34)25-10-15-54-16-11-25;1-3-2-4(3)5-7-6(9)10-8-5/h3,6-8,13-14,17-21,25,28,45H,4-5,9-12,15-16,22H2,1-2H3;3-4H,2H2,1H3,(H,7,8,9). The second kappa shape index (κ2) is 15.4. The van der Waals surface area contributed by atoms with E-state index in [1.807, 2.05) is 16.8 Å². The van der Waals surface area contributed by atoms with Crippen molar-refractivity contribution in [3.8, 4) is 17.2 Å². The molecule has 15 nitrogen and oxygen atoms in total. The fourth-order valence-corrected chi connectivity index (χ4v) is 9.42. The van der Waals surface area contributed by atoms with Gasteiger partial charge in [-0.05, 0) is 117 Å². The smallest absolute Gasteiger partial charge is 0.381 e. The Labute approximate surface area is 364 Å². The van der Waals surface area contributed by atoms with Crippen molar-refractivity contribution in [2.75, 3.05) is 19.8 Å². The molecule has 328 valence electrons. The van der Waals surface area contributed by atoms with Crippen molar-refractivity contribution >= 4 is 27.7 Å². The Morgan fingerprint density at radius 2 is 1.67 bits per heavy atom. The molecule has 0 bridgehead atoms. The van der Waals surface area contributed by atoms with E-state index in [0.717, 1.165) is 61.9 Å². The number of carbonyl (C=O) groups is 1. The highest BCUT2D eigenvalue weighted by Gasteiger charge is 2.37. The minimum atomic E-state index is -0.533. The lowest BCUT2D eigenvalue weighted by atomic mass is 9.91. The number of ether oxygens (including phenoxy) is 1. The summed E-state index contributed by atoms with van der Waals surface area (Å²) < 4.78 is 47.1. The zero-order valence-electron chi connectivity index (χ0n) is 35.6. The highest BCUT2D eigenvalue weighted by Crippen LogP contribution is 2.45. The molecule has 12 rings (SSSR count). The van der Waals surface area contributed by atoms with E-state index in [4.69, 9.17) is 9.84 Å². The van der Waals surface area contributed by atoms with Crippen molar-refractivity contribution in [1.82, 2.24) is 48.7 Å². The number of fused-ring (bicyclic) bond motifs is 3. The fraction of sp³-hybridized carbons (Fsp3) is 0.362. The maximum atomic E-state index is 16.1. The van der Waals surface area contributed by atoms with Crippen LogP contribution in [0.4, 0.5) is 8.78 Å². The normalized spacial score (nSPS) is 18.7. The van der Waals surface area contributed by atoms with E-state index >= 15 is 4.39 Å². The zero-order chi connectivity index (χ0) is 44.0. The second-order valence-corrected chi connectivity index (χ2v) is 17.7. The van der Waals surface area contributed by atoms with Gasteiger partial charge in [0, 0.05) is 61.0 Å². The summed E-state index contributed by atoms with van der Waals surface area (Å²) in [5.74, 6) is 1.19. The number of imidazole rings is 1. The number of hydrogen-bond acceptors (Lipinski definition) is 8. The van der Waals surface area contributed by atoms with Crippen LogP contribution >= 0.6 is 0 Å². The Hall–Kier alpha value is -6.88. The molecular formula is C47H46F2N10O5. The largest absolute Gasteiger partial charge is 0.438 e. The van der Waals surface area contributed by atoms with E-state index in [1.54, 1.807) is 53.9 Å². The van der Waals surface area contributed by atoms with Gasteiger partial charge in [-0.15, -0.1) is 0 Å². The number of hydrogen-bond donors (Lipinski definition) is 2. The Morgan fingerprint density at radius 1 is 0.906 bits per heavy atom. The summed E-state index contributed by atoms with van der Waals surface area (Å²) in [5.41, 5.74) is 5.77. The van der Waals surface area contributed by atoms with Crippen LogP contribution < -0.4 is 11.4 Å². The van der Waals surface area contributed by atoms with Gasteiger partial charge < -0.3 is 14.6 Å². The van der Waals surface area contributed by atoms with Crippen molar-refractivity contribution < 1.29 is 22.8 Å². The zero-order valence-corrected chi connectivity index (χ0v) is 35.6. The lowest BCUT2D eigenvalue weighted by Gasteiger charge is -2.26. The summed E-state index contributed by atoms with van der Waals surface area (Å²) in [6.45, 7) is 7.62. The first-order valence-corrected chi connectivity index (χ1v) is 21.9. The lowest BCUT2D eigenvalue weighted by Crippen LogP contribution is -2.36. The van der Waals surface area contributed by atoms with Gasteiger partial charge in [-0.3, -0.25) is 28.1 Å². The highest BCUT2D eigenvalue weighted by molar-refractivity contribution is 5.98. The predicted octanol–water partition coefficient (Wildman–Crippen LogP) is 7.45. The van der Waals surface area contributed by atoms with Crippen LogP contribution in [-0.4, -0.2) is 74.4 Å². The molecular weight excluding hydrogens is 823 g/mol. The average Bonchev–Trinajstić information content (AvgIpc) is 3.90. The second-order valence-electron chi connectivity index (χ2n) is 17.7. The van der Waals surface area contributed by atoms with E-state index in [0.29, 0.717) is 81.3 Å². The Bertz CT molecular complexity index is 3220. The molecule has 3 aromatic carbocycles. The summed E-state index contributed by atoms with van der Waals surface area (Å²) in [6, 6.07) is 15.3. The van der Waals surface area contributed by atoms with E-state index in [9.17, 15) is 18.8 Å². The molecule has 2 atom stereocenters. The van der Waals surface area contributed by atoms with Gasteiger partial charge >= 0.3 is 11.4 Å². The van der Waals surface area contributed by atoms with Gasteiger partial charge in [0.25, 0.3) is 5.91 Å². The third-order valence-electron chi connectivity index (χ3n) is 13.3. The van der Waals surface area contributed by atoms with Crippen LogP contribution in [0.25, 0.3) is 39.0 Å². The first-order chi connectivity index (χ1) is 31.0. The molecule has 17 heteroatoms. The van der Waals surface area contributed by atoms with Gasteiger partial charge in [-0.2, -0.15) is 10.2 Å². The van der Waals surface area contributed by atoms with Gasteiger partial charge in [0.05, 0.1) is 46.8 Å². The SMILES string of the molecule is CC1CC1c1noc(=O)[nH]1.Cc1cc(-n2nc3c(c2-n2ccn(-c4ccc5c(cnn5C5CC5)c4F)c2=O)CN(C(=O)c2cc4cc(C5CCOCC5)ccc4[nH]2)CC3)cc(C)c1F. The topological polar surface area (TPSA) is 167 Å². The van der Waals surface area contributed by atoms with E-state index in [1.165, 1.54) is 27.1 Å². The van der Waals surface area contributed by atoms with Crippen molar-refractivity contribution in [2.24, 2.45) is 5.92 Å². The van der Waals surface area contributed by atoms with Crippen LogP contribution in [-0.2, 0) is 17.7 Å². The summed E-state index contributed by atoms with van der Waals surface area (Å²) in [6.07, 6.45) is 10.2. The number of aromatic amines is 2. The molecule has 0 spiro atoms. The Morgan fingerprint density at radius 3 is 2.39 bits per heavy atom. The van der Waals surface area contributed by atoms with Crippen LogP contribution in [0.15, 0.2) is 81.2 Å². The molecule has 1 saturated heterocycles. The van der Waals surface area contributed by atoms with Crippen molar-refractivity contribution in [2.45, 2.75) is 83.7 Å². The number of H-pyrrole nitrogens is 2. The number of halogens is 2. The minimum absolute atomic E-state index is 0.102. The van der Waals surface area contributed by atoms with Crippen LogP contribution in [0.3, 0.4) is 0 Å². The molecule has 2 aliphatic carbocycles. The van der Waals surface area contributed by atoms with Crippen LogP contribution in [0.1, 0.15) is 101 Å². The number of nitrogens with zero attached hydrogens (tertiary/aromatic N) is 8. The predicted molar refractivity (Wildman–Crippen MR) is 233 cm³/mol. The van der Waals surface area contributed by atoms with Crippen LogP contribution in [0.2, 0.25) is 0 Å². The van der Waals surface area contributed by atoms with Gasteiger partial charge in [0.1, 0.15) is 17.3 Å². The number of aromatic nitrogens is 9. The molecule has 2 saturated carbocycles. The lowest BCUT2D eigenvalue weighted by molar-refractivity contribution is 0.0729. The molecule has 7 heterocycles. The fourth-order valence-electron chi connectivity index (χ4n) is 9.42. The first-order valence-electron chi connectivity index (χ1n) is 21.9. The Balaban J connectivity index is 0.000000401. The summed E-state index contributed by atoms with van der Waals surface area (Å²) in [4.78, 5) is 46.6. The summed E-state index contributed by atoms with van der Waals surface area (Å²) in [5, 5.41) is 14.3. The van der Waals surface area contributed by atoms with Gasteiger partial charge in [-0.25, -0.2) is 23.1 Å². The molecule has 0 radical (unpaired) electrons. The maximum Gasteiger partial charge on any atom is 0.438 e. The van der Waals surface area contributed by atoms with Gasteiger partial charge in [0.2, 0.25) is 0 Å². The maximum absolute atomic E-state index is 16.1. The Kier molecular flexibility index (Phi) is 9.63. The van der Waals surface area contributed by atoms with E-state index in [-0.39, 0.29) is 30.0 Å². The molecule has 5 aromatic heterocycles. The summed E-state index contributed by atoms with van der Waals surface area (Å²) >= 11 is 0. The number of benzene rings is 3. The van der Waals surface area contributed by atoms with Crippen molar-refractivity contribution in [1.29, 1.82) is 0 Å². The molecule has 2 aliphatic heterocycles. The average molecular weight is 869 g/mol.